The number of benzene rings is 1. The molecule has 0 saturated carbocycles. The van der Waals surface area contributed by atoms with E-state index in [2.05, 4.69) is 32.9 Å². The maximum Gasteiger partial charge on any atom is 0.119 e. The second kappa shape index (κ2) is 7.65. The highest BCUT2D eigenvalue weighted by Crippen LogP contribution is 2.33. The summed E-state index contributed by atoms with van der Waals surface area (Å²) in [5.74, 6) is 1.16. The summed E-state index contributed by atoms with van der Waals surface area (Å²) in [7, 11) is 0. The van der Waals surface area contributed by atoms with E-state index in [9.17, 15) is 10.2 Å². The predicted molar refractivity (Wildman–Crippen MR) is 82.4 cm³/mol. The van der Waals surface area contributed by atoms with Crippen molar-refractivity contribution in [2.75, 3.05) is 6.61 Å². The molecule has 3 unspecified atom stereocenters. The molecule has 0 spiro atoms. The molecule has 0 aliphatic rings. The third-order valence-corrected chi connectivity index (χ3v) is 3.86. The van der Waals surface area contributed by atoms with Gasteiger partial charge in [0.25, 0.3) is 0 Å². The Morgan fingerprint density at radius 2 is 1.65 bits per heavy atom. The van der Waals surface area contributed by atoms with Gasteiger partial charge in [-0.2, -0.15) is 0 Å². The van der Waals surface area contributed by atoms with Crippen molar-refractivity contribution in [2.24, 2.45) is 0 Å². The highest BCUT2D eigenvalue weighted by molar-refractivity contribution is 5.43. The quantitative estimate of drug-likeness (QED) is 0.805. The number of hydrogen-bond donors (Lipinski definition) is 2. The molecular formula is C17H28O3. The Kier molecular flexibility index (Phi) is 6.50. The van der Waals surface area contributed by atoms with Gasteiger partial charge in [-0.25, -0.2) is 0 Å². The van der Waals surface area contributed by atoms with Gasteiger partial charge >= 0.3 is 0 Å². The summed E-state index contributed by atoms with van der Waals surface area (Å²) in [6.45, 7) is 10.6. The van der Waals surface area contributed by atoms with Crippen molar-refractivity contribution < 1.29 is 14.9 Å². The van der Waals surface area contributed by atoms with Gasteiger partial charge in [0, 0.05) is 0 Å². The molecule has 0 saturated heterocycles. The summed E-state index contributed by atoms with van der Waals surface area (Å²) in [4.78, 5) is 0. The van der Waals surface area contributed by atoms with E-state index < -0.39 is 12.2 Å². The highest BCUT2D eigenvalue weighted by atomic mass is 16.5. The van der Waals surface area contributed by atoms with E-state index in [1.54, 1.807) is 6.92 Å². The maximum absolute atomic E-state index is 9.94. The lowest BCUT2D eigenvalue weighted by molar-refractivity contribution is 0.0214. The van der Waals surface area contributed by atoms with Crippen LogP contribution in [0.4, 0.5) is 0 Å². The zero-order valence-corrected chi connectivity index (χ0v) is 13.3. The Bertz CT molecular complexity index is 403. The molecule has 20 heavy (non-hydrogen) atoms. The molecule has 3 nitrogen and oxygen atoms in total. The Balaban J connectivity index is 3.03. The van der Waals surface area contributed by atoms with Crippen molar-refractivity contribution in [3.63, 3.8) is 0 Å². The summed E-state index contributed by atoms with van der Waals surface area (Å²) < 4.78 is 5.57. The predicted octanol–water partition coefficient (Wildman–Crippen LogP) is 3.33. The lowest BCUT2D eigenvalue weighted by Crippen LogP contribution is -2.25. The van der Waals surface area contributed by atoms with Crippen molar-refractivity contribution in [2.45, 2.75) is 65.6 Å². The third-order valence-electron chi connectivity index (χ3n) is 3.86. The monoisotopic (exact) mass is 280 g/mol. The van der Waals surface area contributed by atoms with Crippen LogP contribution in [0.25, 0.3) is 0 Å². The van der Waals surface area contributed by atoms with Gasteiger partial charge in [0.2, 0.25) is 0 Å². The first-order chi connectivity index (χ1) is 9.40. The fourth-order valence-electron chi connectivity index (χ4n) is 2.81. The topological polar surface area (TPSA) is 49.7 Å². The number of aliphatic hydroxyl groups excluding tert-OH is 2. The van der Waals surface area contributed by atoms with E-state index >= 15 is 0 Å². The van der Waals surface area contributed by atoms with E-state index in [1.807, 2.05) is 6.92 Å². The van der Waals surface area contributed by atoms with E-state index in [0.717, 1.165) is 12.2 Å². The molecule has 1 rings (SSSR count). The first kappa shape index (κ1) is 17.0. The lowest BCUT2D eigenvalue weighted by Gasteiger charge is -2.25. The Hall–Kier alpha value is -1.06. The Morgan fingerprint density at radius 1 is 1.10 bits per heavy atom. The molecule has 1 aromatic rings. The second-order valence-corrected chi connectivity index (χ2v) is 5.55. The molecule has 3 atom stereocenters. The van der Waals surface area contributed by atoms with Crippen molar-refractivity contribution in [3.8, 4) is 5.75 Å². The number of ether oxygens (including phenoxy) is 1. The minimum atomic E-state index is -0.688. The second-order valence-electron chi connectivity index (χ2n) is 5.55. The summed E-state index contributed by atoms with van der Waals surface area (Å²) in [6.07, 6.45) is 0.168. The fraction of sp³-hybridized carbons (Fsp3) is 0.647. The molecule has 0 amide bonds. The number of hydrogen-bond acceptors (Lipinski definition) is 3. The van der Waals surface area contributed by atoms with Crippen LogP contribution in [0, 0.1) is 13.8 Å². The van der Waals surface area contributed by atoms with Crippen molar-refractivity contribution in [3.05, 3.63) is 28.8 Å². The van der Waals surface area contributed by atoms with Crippen LogP contribution < -0.4 is 4.74 Å². The van der Waals surface area contributed by atoms with Gasteiger partial charge in [0.15, 0.2) is 0 Å². The summed E-state index contributed by atoms with van der Waals surface area (Å²) in [5.41, 5.74) is 3.66. The van der Waals surface area contributed by atoms with Crippen LogP contribution in [-0.2, 0) is 0 Å². The molecule has 0 fully saturated rings. The van der Waals surface area contributed by atoms with Crippen LogP contribution in [0.1, 0.15) is 56.2 Å². The van der Waals surface area contributed by atoms with E-state index in [-0.39, 0.29) is 5.92 Å². The largest absolute Gasteiger partial charge is 0.494 e. The van der Waals surface area contributed by atoms with Gasteiger partial charge in [-0.05, 0) is 75.3 Å². The molecule has 1 aromatic carbocycles. The molecule has 114 valence electrons. The lowest BCUT2D eigenvalue weighted by atomic mass is 9.84. The van der Waals surface area contributed by atoms with Gasteiger partial charge < -0.3 is 14.9 Å². The van der Waals surface area contributed by atoms with Crippen LogP contribution >= 0.6 is 0 Å². The first-order valence-electron chi connectivity index (χ1n) is 7.50. The Labute approximate surface area is 122 Å². The zero-order valence-electron chi connectivity index (χ0n) is 13.3. The number of aliphatic hydroxyl groups is 2. The normalized spacial score (nSPS) is 15.8. The van der Waals surface area contributed by atoms with Crippen molar-refractivity contribution >= 4 is 0 Å². The van der Waals surface area contributed by atoms with Gasteiger partial charge in [0.05, 0.1) is 18.8 Å². The van der Waals surface area contributed by atoms with Crippen molar-refractivity contribution in [1.29, 1.82) is 0 Å². The van der Waals surface area contributed by atoms with Crippen LogP contribution in [0.5, 0.6) is 5.75 Å². The minimum absolute atomic E-state index is 0.260. The van der Waals surface area contributed by atoms with Crippen LogP contribution in [0.2, 0.25) is 0 Å². The van der Waals surface area contributed by atoms with Gasteiger partial charge in [-0.3, -0.25) is 0 Å². The number of aryl methyl sites for hydroxylation is 2. The summed E-state index contributed by atoms with van der Waals surface area (Å²) >= 11 is 0. The van der Waals surface area contributed by atoms with Crippen molar-refractivity contribution in [1.82, 2.24) is 0 Å². The molecule has 0 aliphatic heterocycles. The standard InChI is InChI=1S/C17H28O3/c1-6-14(10-16(19)13(5)18)17-11(3)8-15(20-7-2)9-12(17)4/h8-9,13-14,16,18-19H,6-7,10H2,1-5H3. The van der Waals surface area contributed by atoms with Gasteiger partial charge in [0.1, 0.15) is 5.75 Å². The van der Waals surface area contributed by atoms with E-state index in [0.29, 0.717) is 13.0 Å². The third kappa shape index (κ3) is 4.22. The molecule has 0 heterocycles. The highest BCUT2D eigenvalue weighted by Gasteiger charge is 2.21. The zero-order chi connectivity index (χ0) is 15.3. The van der Waals surface area contributed by atoms with Crippen LogP contribution in [0.15, 0.2) is 12.1 Å². The first-order valence-corrected chi connectivity index (χ1v) is 7.50. The average Bonchev–Trinajstić information content (AvgIpc) is 2.36. The molecule has 0 radical (unpaired) electrons. The van der Waals surface area contributed by atoms with Gasteiger partial charge in [-0.15, -0.1) is 0 Å². The Morgan fingerprint density at radius 3 is 2.05 bits per heavy atom. The molecule has 2 N–H and O–H groups in total. The van der Waals surface area contributed by atoms with E-state index in [1.165, 1.54) is 16.7 Å². The van der Waals surface area contributed by atoms with E-state index in [4.69, 9.17) is 4.74 Å². The molecular weight excluding hydrogens is 252 g/mol. The molecule has 0 aromatic heterocycles. The maximum atomic E-state index is 9.94. The minimum Gasteiger partial charge on any atom is -0.494 e. The number of rotatable bonds is 7. The smallest absolute Gasteiger partial charge is 0.119 e. The van der Waals surface area contributed by atoms with Gasteiger partial charge in [-0.1, -0.05) is 6.92 Å². The van der Waals surface area contributed by atoms with Crippen LogP contribution in [-0.4, -0.2) is 29.0 Å². The molecule has 0 bridgehead atoms. The SMILES string of the molecule is CCOc1cc(C)c(C(CC)CC(O)C(C)O)c(C)c1. The fourth-order valence-corrected chi connectivity index (χ4v) is 2.81. The molecule has 3 heteroatoms. The molecule has 0 aliphatic carbocycles. The summed E-state index contributed by atoms with van der Waals surface area (Å²) in [5, 5.41) is 19.4. The summed E-state index contributed by atoms with van der Waals surface area (Å²) in [6, 6.07) is 4.12. The van der Waals surface area contributed by atoms with Crippen LogP contribution in [0.3, 0.4) is 0 Å². The average molecular weight is 280 g/mol.